The van der Waals surface area contributed by atoms with Crippen LogP contribution in [0.15, 0.2) is 48.8 Å². The SMILES string of the molecule is Cc1c(F)cc(CN2CCCCC2)cc1-c1ccc2[nH]nc(C(=O)Nc3cnccc3F)c2c1. The van der Waals surface area contributed by atoms with Gasteiger partial charge in [-0.05, 0) is 85.4 Å². The van der Waals surface area contributed by atoms with Crippen molar-refractivity contribution >= 4 is 22.5 Å². The number of halogens is 2. The van der Waals surface area contributed by atoms with Crippen molar-refractivity contribution < 1.29 is 13.6 Å². The molecule has 8 heteroatoms. The summed E-state index contributed by atoms with van der Waals surface area (Å²) >= 11 is 0. The summed E-state index contributed by atoms with van der Waals surface area (Å²) in [7, 11) is 0. The van der Waals surface area contributed by atoms with E-state index in [0.29, 0.717) is 23.0 Å². The van der Waals surface area contributed by atoms with E-state index in [0.717, 1.165) is 29.8 Å². The van der Waals surface area contributed by atoms with Gasteiger partial charge in [-0.15, -0.1) is 0 Å². The lowest BCUT2D eigenvalue weighted by Gasteiger charge is -2.26. The number of hydrogen-bond acceptors (Lipinski definition) is 4. The molecule has 1 amide bonds. The number of likely N-dealkylation sites (tertiary alicyclic amines) is 1. The number of piperidine rings is 1. The molecular formula is C26H25F2N5O. The standard InChI is InChI=1S/C26H25F2N5O/c1-16-19(11-17(12-22(16)28)15-33-9-3-2-4-10-33)18-5-6-23-20(13-18)25(32-31-23)26(34)30-24-14-29-8-7-21(24)27/h5-8,11-14H,2-4,9-10,15H2,1H3,(H,30,34)(H,31,32). The fraction of sp³-hybridized carbons (Fsp3) is 0.269. The first-order valence-electron chi connectivity index (χ1n) is 11.4. The topological polar surface area (TPSA) is 73.9 Å². The van der Waals surface area contributed by atoms with Crippen molar-refractivity contribution in [2.75, 3.05) is 18.4 Å². The fourth-order valence-corrected chi connectivity index (χ4v) is 4.51. The Balaban J connectivity index is 1.48. The highest BCUT2D eigenvalue weighted by Gasteiger charge is 2.18. The Hall–Kier alpha value is -3.65. The lowest BCUT2D eigenvalue weighted by atomic mass is 9.95. The highest BCUT2D eigenvalue weighted by molar-refractivity contribution is 6.11. The van der Waals surface area contributed by atoms with E-state index in [9.17, 15) is 13.6 Å². The van der Waals surface area contributed by atoms with E-state index < -0.39 is 11.7 Å². The number of pyridine rings is 1. The van der Waals surface area contributed by atoms with Gasteiger partial charge in [0.1, 0.15) is 11.6 Å². The quantitative estimate of drug-likeness (QED) is 0.415. The van der Waals surface area contributed by atoms with Gasteiger partial charge >= 0.3 is 0 Å². The maximum absolute atomic E-state index is 14.9. The molecule has 0 saturated carbocycles. The summed E-state index contributed by atoms with van der Waals surface area (Å²) < 4.78 is 28.8. The van der Waals surface area contributed by atoms with E-state index in [-0.39, 0.29) is 17.2 Å². The van der Waals surface area contributed by atoms with Crippen LogP contribution in [0.2, 0.25) is 0 Å². The minimum atomic E-state index is -0.583. The zero-order chi connectivity index (χ0) is 23.7. The Bertz CT molecular complexity index is 1360. The molecule has 1 aliphatic heterocycles. The molecule has 1 aliphatic rings. The maximum atomic E-state index is 14.9. The molecule has 1 fully saturated rings. The van der Waals surface area contributed by atoms with E-state index in [4.69, 9.17) is 0 Å². The first-order chi connectivity index (χ1) is 16.5. The number of carbonyl (C=O) groups excluding carboxylic acids is 1. The smallest absolute Gasteiger partial charge is 0.276 e. The fourth-order valence-electron chi connectivity index (χ4n) is 4.51. The summed E-state index contributed by atoms with van der Waals surface area (Å²) in [6.45, 7) is 4.53. The number of H-pyrrole nitrogens is 1. The Morgan fingerprint density at radius 2 is 1.91 bits per heavy atom. The van der Waals surface area contributed by atoms with Gasteiger partial charge in [-0.25, -0.2) is 8.78 Å². The predicted molar refractivity (Wildman–Crippen MR) is 128 cm³/mol. The number of aromatic nitrogens is 3. The van der Waals surface area contributed by atoms with Crippen molar-refractivity contribution in [2.45, 2.75) is 32.7 Å². The second-order valence-corrected chi connectivity index (χ2v) is 8.73. The zero-order valence-electron chi connectivity index (χ0n) is 18.9. The lowest BCUT2D eigenvalue weighted by Crippen LogP contribution is -2.29. The van der Waals surface area contributed by atoms with Gasteiger partial charge < -0.3 is 5.32 Å². The number of benzene rings is 2. The molecule has 0 bridgehead atoms. The van der Waals surface area contributed by atoms with Crippen molar-refractivity contribution in [1.29, 1.82) is 0 Å². The van der Waals surface area contributed by atoms with Gasteiger partial charge in [-0.1, -0.05) is 12.5 Å². The lowest BCUT2D eigenvalue weighted by molar-refractivity contribution is 0.102. The summed E-state index contributed by atoms with van der Waals surface area (Å²) in [5.41, 5.74) is 3.80. The maximum Gasteiger partial charge on any atom is 0.276 e. The summed E-state index contributed by atoms with van der Waals surface area (Å²) in [6, 6.07) is 10.3. The largest absolute Gasteiger partial charge is 0.317 e. The molecule has 174 valence electrons. The van der Waals surface area contributed by atoms with Crippen LogP contribution < -0.4 is 5.32 Å². The van der Waals surface area contributed by atoms with Crippen molar-refractivity contribution in [3.8, 4) is 11.1 Å². The zero-order valence-corrected chi connectivity index (χ0v) is 18.9. The van der Waals surface area contributed by atoms with Gasteiger partial charge in [0.15, 0.2) is 5.69 Å². The molecule has 0 aliphatic carbocycles. The summed E-state index contributed by atoms with van der Waals surface area (Å²) in [4.78, 5) is 19.0. The van der Waals surface area contributed by atoms with Crippen molar-refractivity contribution in [2.24, 2.45) is 0 Å². The Kier molecular flexibility index (Phi) is 6.06. The molecular weight excluding hydrogens is 436 g/mol. The first-order valence-corrected chi connectivity index (χ1v) is 11.4. The van der Waals surface area contributed by atoms with E-state index >= 15 is 0 Å². The molecule has 4 aromatic rings. The average Bonchev–Trinajstić information content (AvgIpc) is 3.27. The Morgan fingerprint density at radius 1 is 1.09 bits per heavy atom. The molecule has 2 N–H and O–H groups in total. The van der Waals surface area contributed by atoms with Crippen LogP contribution in [0.25, 0.3) is 22.0 Å². The number of nitrogens with one attached hydrogen (secondary N) is 2. The monoisotopic (exact) mass is 461 g/mol. The van der Waals surface area contributed by atoms with Crippen LogP contribution in [-0.2, 0) is 6.54 Å². The molecule has 6 nitrogen and oxygen atoms in total. The van der Waals surface area contributed by atoms with Gasteiger partial charge in [0.25, 0.3) is 5.91 Å². The second-order valence-electron chi connectivity index (χ2n) is 8.73. The van der Waals surface area contributed by atoms with Crippen LogP contribution in [0.5, 0.6) is 0 Å². The van der Waals surface area contributed by atoms with Gasteiger partial charge in [0.05, 0.1) is 17.4 Å². The van der Waals surface area contributed by atoms with Crippen molar-refractivity contribution in [1.82, 2.24) is 20.1 Å². The molecule has 2 aromatic carbocycles. The van der Waals surface area contributed by atoms with Gasteiger partial charge in [0.2, 0.25) is 0 Å². The van der Waals surface area contributed by atoms with Crippen LogP contribution in [0.1, 0.15) is 40.9 Å². The molecule has 34 heavy (non-hydrogen) atoms. The van der Waals surface area contributed by atoms with Crippen LogP contribution in [0.3, 0.4) is 0 Å². The number of amides is 1. The minimum Gasteiger partial charge on any atom is -0.317 e. The second kappa shape index (κ2) is 9.30. The van der Waals surface area contributed by atoms with Crippen LogP contribution in [0.4, 0.5) is 14.5 Å². The highest BCUT2D eigenvalue weighted by atomic mass is 19.1. The van der Waals surface area contributed by atoms with Gasteiger partial charge in [-0.2, -0.15) is 5.10 Å². The number of aromatic amines is 1. The van der Waals surface area contributed by atoms with Crippen LogP contribution >= 0.6 is 0 Å². The Labute approximate surface area is 196 Å². The number of rotatable bonds is 5. The third kappa shape index (κ3) is 4.41. The summed E-state index contributed by atoms with van der Waals surface area (Å²) in [5, 5.41) is 10.1. The predicted octanol–water partition coefficient (Wildman–Crippen LogP) is 5.45. The molecule has 0 atom stereocenters. The third-order valence-electron chi connectivity index (χ3n) is 6.36. The highest BCUT2D eigenvalue weighted by Crippen LogP contribution is 2.31. The molecule has 5 rings (SSSR count). The molecule has 2 aromatic heterocycles. The van der Waals surface area contributed by atoms with Gasteiger partial charge in [0, 0.05) is 18.1 Å². The van der Waals surface area contributed by atoms with Crippen LogP contribution in [-0.4, -0.2) is 39.1 Å². The van der Waals surface area contributed by atoms with E-state index in [1.165, 1.54) is 37.7 Å². The van der Waals surface area contributed by atoms with Crippen molar-refractivity contribution in [3.63, 3.8) is 0 Å². The number of carbonyl (C=O) groups is 1. The summed E-state index contributed by atoms with van der Waals surface area (Å²) in [6.07, 6.45) is 6.14. The number of fused-ring (bicyclic) bond motifs is 1. The molecule has 0 unspecified atom stereocenters. The van der Waals surface area contributed by atoms with Crippen molar-refractivity contribution in [3.05, 3.63) is 77.2 Å². The third-order valence-corrected chi connectivity index (χ3v) is 6.36. The van der Waals surface area contributed by atoms with E-state index in [2.05, 4.69) is 25.4 Å². The molecule has 1 saturated heterocycles. The first kappa shape index (κ1) is 22.2. The minimum absolute atomic E-state index is 0.0249. The number of nitrogens with zero attached hydrogens (tertiary/aromatic N) is 3. The van der Waals surface area contributed by atoms with Crippen LogP contribution in [0, 0.1) is 18.6 Å². The normalized spacial score (nSPS) is 14.4. The summed E-state index contributed by atoms with van der Waals surface area (Å²) in [5.74, 6) is -1.39. The average molecular weight is 462 g/mol. The van der Waals surface area contributed by atoms with Gasteiger partial charge in [-0.3, -0.25) is 19.8 Å². The van der Waals surface area contributed by atoms with E-state index in [1.54, 1.807) is 13.0 Å². The molecule has 3 heterocycles. The number of hydrogen-bond donors (Lipinski definition) is 2. The molecule has 0 radical (unpaired) electrons. The molecule has 0 spiro atoms. The Morgan fingerprint density at radius 3 is 2.71 bits per heavy atom. The van der Waals surface area contributed by atoms with E-state index in [1.807, 2.05) is 24.3 Å². The number of anilines is 1.